The van der Waals surface area contributed by atoms with Crippen LogP contribution in [0.25, 0.3) is 0 Å². The van der Waals surface area contributed by atoms with Crippen LogP contribution >= 0.6 is 0 Å². The second-order valence-electron chi connectivity index (χ2n) is 4.91. The Kier molecular flexibility index (Phi) is 4.40. The Hall–Kier alpha value is -0.870. The second kappa shape index (κ2) is 5.85. The van der Waals surface area contributed by atoms with E-state index in [0.717, 1.165) is 18.4 Å². The van der Waals surface area contributed by atoms with Crippen LogP contribution in [0.4, 0.5) is 0 Å². The van der Waals surface area contributed by atoms with E-state index in [2.05, 4.69) is 0 Å². The van der Waals surface area contributed by atoms with Crippen LogP contribution in [0.1, 0.15) is 31.7 Å². The number of rotatable bonds is 4. The molecule has 3 nitrogen and oxygen atoms in total. The molecule has 0 aromatic heterocycles. The highest BCUT2D eigenvalue weighted by Gasteiger charge is 2.30. The Morgan fingerprint density at radius 2 is 1.94 bits per heavy atom. The molecule has 1 fully saturated rings. The van der Waals surface area contributed by atoms with Gasteiger partial charge >= 0.3 is 0 Å². The molecule has 1 aliphatic heterocycles. The Labute approximate surface area is 109 Å². The second-order valence-corrected chi connectivity index (χ2v) is 7.17. The van der Waals surface area contributed by atoms with Gasteiger partial charge in [-0.2, -0.15) is 0 Å². The minimum absolute atomic E-state index is 0.0650. The van der Waals surface area contributed by atoms with Crippen LogP contribution in [-0.2, 0) is 21.0 Å². The maximum absolute atomic E-state index is 12.2. The number of ether oxygens (including phenoxy) is 1. The van der Waals surface area contributed by atoms with Crippen LogP contribution in [0.5, 0.6) is 0 Å². The lowest BCUT2D eigenvalue weighted by Gasteiger charge is -2.27. The summed E-state index contributed by atoms with van der Waals surface area (Å²) in [6, 6.07) is 9.71. The first-order chi connectivity index (χ1) is 8.58. The molecule has 0 radical (unpaired) electrons. The zero-order valence-electron chi connectivity index (χ0n) is 10.7. The van der Waals surface area contributed by atoms with Crippen LogP contribution in [0.15, 0.2) is 30.3 Å². The molecule has 0 unspecified atom stereocenters. The molecule has 0 saturated carbocycles. The summed E-state index contributed by atoms with van der Waals surface area (Å²) < 4.78 is 29.9. The van der Waals surface area contributed by atoms with E-state index in [0.29, 0.717) is 12.8 Å². The van der Waals surface area contributed by atoms with E-state index in [1.165, 1.54) is 0 Å². The highest BCUT2D eigenvalue weighted by atomic mass is 32.2. The lowest BCUT2D eigenvalue weighted by molar-refractivity contribution is 0.00289. The van der Waals surface area contributed by atoms with Gasteiger partial charge in [0.1, 0.15) is 0 Å². The summed E-state index contributed by atoms with van der Waals surface area (Å²) in [5, 5.41) is 0. The first-order valence-electron chi connectivity index (χ1n) is 6.49. The summed E-state index contributed by atoms with van der Waals surface area (Å²) in [5.41, 5.74) is 0.467. The molecule has 1 saturated heterocycles. The van der Waals surface area contributed by atoms with Gasteiger partial charge in [0.05, 0.1) is 11.9 Å². The Bertz CT molecular complexity index is 467. The van der Waals surface area contributed by atoms with Gasteiger partial charge in [-0.1, -0.05) is 30.3 Å². The molecular formula is C14H20O3S. The van der Waals surface area contributed by atoms with Crippen molar-refractivity contribution in [3.05, 3.63) is 35.9 Å². The molecule has 1 aromatic carbocycles. The van der Waals surface area contributed by atoms with E-state index >= 15 is 0 Å². The highest BCUT2D eigenvalue weighted by molar-refractivity contribution is 7.91. The summed E-state index contributed by atoms with van der Waals surface area (Å²) in [7, 11) is -3.14. The minimum atomic E-state index is -3.14. The lowest BCUT2D eigenvalue weighted by Crippen LogP contribution is -2.34. The minimum Gasteiger partial charge on any atom is -0.359 e. The number of hydrogen-bond donors (Lipinski definition) is 0. The van der Waals surface area contributed by atoms with Gasteiger partial charge in [-0.15, -0.1) is 0 Å². The van der Waals surface area contributed by atoms with Gasteiger partial charge in [-0.3, -0.25) is 0 Å². The maximum Gasteiger partial charge on any atom is 0.177 e. The molecule has 2 rings (SSSR count). The Morgan fingerprint density at radius 1 is 1.22 bits per heavy atom. The first kappa shape index (κ1) is 13.6. The van der Waals surface area contributed by atoms with Crippen molar-refractivity contribution in [3.63, 3.8) is 0 Å². The van der Waals surface area contributed by atoms with Gasteiger partial charge in [0.15, 0.2) is 15.3 Å². The molecule has 4 heteroatoms. The molecule has 1 aliphatic rings. The quantitative estimate of drug-likeness (QED) is 0.843. The van der Waals surface area contributed by atoms with E-state index in [1.807, 2.05) is 37.3 Å². The van der Waals surface area contributed by atoms with Crippen molar-refractivity contribution < 1.29 is 13.2 Å². The summed E-state index contributed by atoms with van der Waals surface area (Å²) in [4.78, 5) is 0. The van der Waals surface area contributed by atoms with E-state index in [1.54, 1.807) is 0 Å². The van der Waals surface area contributed by atoms with Gasteiger partial charge in [0, 0.05) is 0 Å². The van der Waals surface area contributed by atoms with Crippen LogP contribution in [0.2, 0.25) is 0 Å². The molecule has 0 bridgehead atoms. The monoisotopic (exact) mass is 268 g/mol. The lowest BCUT2D eigenvalue weighted by atomic mass is 10.1. The van der Waals surface area contributed by atoms with Crippen molar-refractivity contribution in [1.29, 1.82) is 0 Å². The molecule has 18 heavy (non-hydrogen) atoms. The molecule has 0 spiro atoms. The smallest absolute Gasteiger partial charge is 0.177 e. The van der Waals surface area contributed by atoms with Gasteiger partial charge in [0.2, 0.25) is 0 Å². The summed E-state index contributed by atoms with van der Waals surface area (Å²) in [6.07, 6.45) is 3.18. The van der Waals surface area contributed by atoms with Gasteiger partial charge in [-0.25, -0.2) is 8.42 Å². The number of benzene rings is 1. The number of hydrogen-bond acceptors (Lipinski definition) is 3. The van der Waals surface area contributed by atoms with Crippen molar-refractivity contribution in [1.82, 2.24) is 0 Å². The van der Waals surface area contributed by atoms with Crippen LogP contribution < -0.4 is 0 Å². The molecule has 1 heterocycles. The average Bonchev–Trinajstić information content (AvgIpc) is 2.38. The van der Waals surface area contributed by atoms with Gasteiger partial charge in [0.25, 0.3) is 0 Å². The maximum atomic E-state index is 12.2. The molecule has 0 N–H and O–H groups in total. The third-order valence-corrected chi connectivity index (χ3v) is 5.27. The number of sulfone groups is 1. The fourth-order valence-electron chi connectivity index (χ4n) is 2.27. The fourth-order valence-corrected chi connectivity index (χ4v) is 3.94. The van der Waals surface area contributed by atoms with Crippen LogP contribution in [-0.4, -0.2) is 25.7 Å². The van der Waals surface area contributed by atoms with Crippen molar-refractivity contribution in [2.45, 2.75) is 44.1 Å². The molecule has 0 amide bonds. The average molecular weight is 268 g/mol. The van der Waals surface area contributed by atoms with Crippen LogP contribution in [0, 0.1) is 0 Å². The summed E-state index contributed by atoms with van der Waals surface area (Å²) in [6.45, 7) is 1.94. The fraction of sp³-hybridized carbons (Fsp3) is 0.571. The zero-order chi connectivity index (χ0) is 13.0. The van der Waals surface area contributed by atoms with Crippen molar-refractivity contribution >= 4 is 9.84 Å². The largest absolute Gasteiger partial charge is 0.359 e. The predicted octanol–water partition coefficient (Wildman–Crippen LogP) is 2.56. The number of aryl methyl sites for hydroxylation is 1. The zero-order valence-corrected chi connectivity index (χ0v) is 11.5. The normalized spacial score (nSPS) is 24.9. The third-order valence-electron chi connectivity index (χ3n) is 3.35. The summed E-state index contributed by atoms with van der Waals surface area (Å²) >= 11 is 0. The summed E-state index contributed by atoms with van der Waals surface area (Å²) in [5.74, 6) is 0.175. The Balaban J connectivity index is 1.95. The van der Waals surface area contributed by atoms with E-state index in [9.17, 15) is 8.42 Å². The highest BCUT2D eigenvalue weighted by Crippen LogP contribution is 2.23. The van der Waals surface area contributed by atoms with E-state index in [4.69, 9.17) is 4.74 Å². The van der Waals surface area contributed by atoms with Crippen LogP contribution in [0.3, 0.4) is 0 Å². The molecule has 0 aliphatic carbocycles. The van der Waals surface area contributed by atoms with Crippen molar-refractivity contribution in [2.75, 3.05) is 5.75 Å². The van der Waals surface area contributed by atoms with E-state index < -0.39 is 15.3 Å². The topological polar surface area (TPSA) is 43.4 Å². The first-order valence-corrected chi connectivity index (χ1v) is 8.20. The molecular weight excluding hydrogens is 248 g/mol. The Morgan fingerprint density at radius 3 is 2.61 bits per heavy atom. The van der Waals surface area contributed by atoms with Gasteiger partial charge in [-0.05, 0) is 38.2 Å². The van der Waals surface area contributed by atoms with Crippen molar-refractivity contribution in [3.8, 4) is 0 Å². The van der Waals surface area contributed by atoms with Gasteiger partial charge < -0.3 is 4.74 Å². The molecule has 1 aromatic rings. The van der Waals surface area contributed by atoms with Crippen molar-refractivity contribution in [2.24, 2.45) is 0 Å². The standard InChI is InChI=1S/C14H20O3S/c1-12-6-5-9-14(17-12)18(15,16)11-10-13-7-3-2-4-8-13/h2-4,7-8,12,14H,5-6,9-11H2,1H3/t12-,14+/m0/s1. The molecule has 100 valence electrons. The van der Waals surface area contributed by atoms with E-state index in [-0.39, 0.29) is 11.9 Å². The third kappa shape index (κ3) is 3.56. The predicted molar refractivity (Wildman–Crippen MR) is 72.1 cm³/mol. The SMILES string of the molecule is C[C@H]1CCC[C@@H](S(=O)(=O)CCc2ccccc2)O1. The molecule has 2 atom stereocenters.